The van der Waals surface area contributed by atoms with Gasteiger partial charge in [-0.1, -0.05) is 0 Å². The average molecular weight is 251 g/mol. The molecule has 6 nitrogen and oxygen atoms in total. The maximum absolute atomic E-state index is 12.0. The molecule has 1 atom stereocenters. The summed E-state index contributed by atoms with van der Waals surface area (Å²) in [5.74, 6) is -0.596. The molecule has 1 N–H and O–H groups in total. The third-order valence-electron chi connectivity index (χ3n) is 3.56. The van der Waals surface area contributed by atoms with Gasteiger partial charge in [-0.05, 0) is 20.3 Å². The van der Waals surface area contributed by atoms with Crippen molar-refractivity contribution < 1.29 is 9.90 Å². The Labute approximate surface area is 105 Å². The molecule has 0 unspecified atom stereocenters. The summed E-state index contributed by atoms with van der Waals surface area (Å²) in [6.45, 7) is 4.58. The van der Waals surface area contributed by atoms with Crippen molar-refractivity contribution in [2.24, 2.45) is 13.0 Å². The summed E-state index contributed by atoms with van der Waals surface area (Å²) in [4.78, 5) is 29.2. The van der Waals surface area contributed by atoms with Crippen LogP contribution >= 0.6 is 0 Å². The molecule has 1 aliphatic rings. The van der Waals surface area contributed by atoms with Crippen LogP contribution in [0.4, 0.5) is 5.95 Å². The van der Waals surface area contributed by atoms with Crippen molar-refractivity contribution in [3.8, 4) is 0 Å². The van der Waals surface area contributed by atoms with Crippen LogP contribution in [0.5, 0.6) is 0 Å². The summed E-state index contributed by atoms with van der Waals surface area (Å²) in [6.07, 6.45) is 0.595. The van der Waals surface area contributed by atoms with Crippen molar-refractivity contribution >= 4 is 11.9 Å². The monoisotopic (exact) mass is 251 g/mol. The summed E-state index contributed by atoms with van der Waals surface area (Å²) in [5.41, 5.74) is 1.26. The van der Waals surface area contributed by atoms with E-state index in [2.05, 4.69) is 4.98 Å². The van der Waals surface area contributed by atoms with Crippen LogP contribution in [-0.4, -0.2) is 33.7 Å². The zero-order valence-corrected chi connectivity index (χ0v) is 10.8. The number of rotatable bonds is 2. The van der Waals surface area contributed by atoms with E-state index in [1.807, 2.05) is 4.90 Å². The first-order valence-electron chi connectivity index (χ1n) is 5.93. The van der Waals surface area contributed by atoms with E-state index in [1.54, 1.807) is 20.9 Å². The minimum absolute atomic E-state index is 0.0729. The van der Waals surface area contributed by atoms with Crippen molar-refractivity contribution in [3.05, 3.63) is 21.6 Å². The van der Waals surface area contributed by atoms with Crippen LogP contribution in [0, 0.1) is 19.8 Å². The Morgan fingerprint density at radius 2 is 2.11 bits per heavy atom. The van der Waals surface area contributed by atoms with E-state index in [0.29, 0.717) is 36.7 Å². The smallest absolute Gasteiger partial charge is 0.308 e. The van der Waals surface area contributed by atoms with Gasteiger partial charge in [0.25, 0.3) is 5.56 Å². The fourth-order valence-corrected chi connectivity index (χ4v) is 2.23. The lowest BCUT2D eigenvalue weighted by molar-refractivity contribution is -0.140. The number of hydrogen-bond acceptors (Lipinski definition) is 4. The summed E-state index contributed by atoms with van der Waals surface area (Å²) in [7, 11) is 1.67. The average Bonchev–Trinajstić information content (AvgIpc) is 2.80. The highest BCUT2D eigenvalue weighted by Gasteiger charge is 2.30. The Bertz CT molecular complexity index is 550. The minimum atomic E-state index is -0.786. The maximum Gasteiger partial charge on any atom is 0.308 e. The van der Waals surface area contributed by atoms with Gasteiger partial charge in [0, 0.05) is 31.4 Å². The lowest BCUT2D eigenvalue weighted by atomic mass is 10.1. The van der Waals surface area contributed by atoms with E-state index < -0.39 is 5.97 Å². The zero-order chi connectivity index (χ0) is 13.4. The second-order valence-electron chi connectivity index (χ2n) is 4.76. The Balaban J connectivity index is 2.36. The molecular formula is C12H17N3O3. The molecular weight excluding hydrogens is 234 g/mol. The van der Waals surface area contributed by atoms with Crippen LogP contribution in [0.3, 0.4) is 0 Å². The molecule has 18 heavy (non-hydrogen) atoms. The zero-order valence-electron chi connectivity index (χ0n) is 10.8. The van der Waals surface area contributed by atoms with Gasteiger partial charge < -0.3 is 10.0 Å². The molecule has 0 aromatic carbocycles. The number of carbonyl (C=O) groups is 1. The first-order chi connectivity index (χ1) is 8.41. The van der Waals surface area contributed by atoms with E-state index in [1.165, 1.54) is 4.57 Å². The lowest BCUT2D eigenvalue weighted by Gasteiger charge is -2.20. The molecule has 0 bridgehead atoms. The summed E-state index contributed by atoms with van der Waals surface area (Å²) in [5, 5.41) is 8.98. The molecule has 0 saturated carbocycles. The quantitative estimate of drug-likeness (QED) is 0.818. The number of anilines is 1. The Morgan fingerprint density at radius 1 is 1.44 bits per heavy atom. The first-order valence-corrected chi connectivity index (χ1v) is 5.93. The van der Waals surface area contributed by atoms with Gasteiger partial charge in [0.1, 0.15) is 0 Å². The lowest BCUT2D eigenvalue weighted by Crippen LogP contribution is -2.32. The molecule has 2 rings (SSSR count). The van der Waals surface area contributed by atoms with Crippen LogP contribution < -0.4 is 10.5 Å². The van der Waals surface area contributed by atoms with Crippen LogP contribution in [0.1, 0.15) is 17.7 Å². The predicted octanol–water partition coefficient (Wildman–Crippen LogP) is 0.308. The van der Waals surface area contributed by atoms with Gasteiger partial charge in [-0.3, -0.25) is 14.2 Å². The number of hydrogen-bond donors (Lipinski definition) is 1. The van der Waals surface area contributed by atoms with Crippen LogP contribution in [0.2, 0.25) is 0 Å². The van der Waals surface area contributed by atoms with Crippen LogP contribution in [0.15, 0.2) is 4.79 Å². The van der Waals surface area contributed by atoms with Gasteiger partial charge in [-0.2, -0.15) is 0 Å². The van der Waals surface area contributed by atoms with E-state index >= 15 is 0 Å². The summed E-state index contributed by atoms with van der Waals surface area (Å²) >= 11 is 0. The SMILES string of the molecule is Cc1nc(N2CC[C@@H](C(=O)O)C2)n(C)c(=O)c1C. The van der Waals surface area contributed by atoms with Gasteiger partial charge in [-0.25, -0.2) is 4.98 Å². The van der Waals surface area contributed by atoms with Gasteiger partial charge in [0.15, 0.2) is 0 Å². The molecule has 2 heterocycles. The van der Waals surface area contributed by atoms with E-state index in [-0.39, 0.29) is 11.5 Å². The number of carboxylic acids is 1. The van der Waals surface area contributed by atoms with Crippen molar-refractivity contribution in [1.29, 1.82) is 0 Å². The molecule has 98 valence electrons. The molecule has 0 spiro atoms. The third kappa shape index (κ3) is 1.98. The highest BCUT2D eigenvalue weighted by Crippen LogP contribution is 2.21. The van der Waals surface area contributed by atoms with E-state index in [4.69, 9.17) is 5.11 Å². The summed E-state index contributed by atoms with van der Waals surface area (Å²) < 4.78 is 1.49. The Kier molecular flexibility index (Phi) is 3.11. The van der Waals surface area contributed by atoms with E-state index in [9.17, 15) is 9.59 Å². The fraction of sp³-hybridized carbons (Fsp3) is 0.583. The molecule has 1 aromatic rings. The standard InChI is InChI=1S/C12H17N3O3/c1-7-8(2)13-12(14(3)10(7)16)15-5-4-9(6-15)11(17)18/h9H,4-6H2,1-3H3,(H,17,18)/t9-/m1/s1. The molecule has 1 aromatic heterocycles. The van der Waals surface area contributed by atoms with Crippen LogP contribution in [-0.2, 0) is 11.8 Å². The predicted molar refractivity (Wildman–Crippen MR) is 66.9 cm³/mol. The molecule has 1 fully saturated rings. The van der Waals surface area contributed by atoms with Crippen molar-refractivity contribution in [2.75, 3.05) is 18.0 Å². The molecule has 1 saturated heterocycles. The first kappa shape index (κ1) is 12.6. The third-order valence-corrected chi connectivity index (χ3v) is 3.56. The molecule has 0 radical (unpaired) electrons. The fourth-order valence-electron chi connectivity index (χ4n) is 2.23. The topological polar surface area (TPSA) is 75.4 Å². The molecule has 0 amide bonds. The summed E-state index contributed by atoms with van der Waals surface area (Å²) in [6, 6.07) is 0. The van der Waals surface area contributed by atoms with Gasteiger partial charge in [0.05, 0.1) is 5.92 Å². The van der Waals surface area contributed by atoms with E-state index in [0.717, 1.165) is 0 Å². The van der Waals surface area contributed by atoms with Crippen molar-refractivity contribution in [1.82, 2.24) is 9.55 Å². The molecule has 0 aliphatic carbocycles. The minimum Gasteiger partial charge on any atom is -0.481 e. The number of carboxylic acid groups (broad SMARTS) is 1. The normalized spacial score (nSPS) is 19.3. The van der Waals surface area contributed by atoms with Crippen molar-refractivity contribution in [3.63, 3.8) is 0 Å². The molecule has 6 heteroatoms. The highest BCUT2D eigenvalue weighted by atomic mass is 16.4. The molecule has 1 aliphatic heterocycles. The van der Waals surface area contributed by atoms with Crippen LogP contribution in [0.25, 0.3) is 0 Å². The van der Waals surface area contributed by atoms with Gasteiger partial charge in [0.2, 0.25) is 5.95 Å². The number of aliphatic carboxylic acids is 1. The van der Waals surface area contributed by atoms with Crippen molar-refractivity contribution in [2.45, 2.75) is 20.3 Å². The van der Waals surface area contributed by atoms with Gasteiger partial charge in [-0.15, -0.1) is 0 Å². The second kappa shape index (κ2) is 4.44. The largest absolute Gasteiger partial charge is 0.481 e. The van der Waals surface area contributed by atoms with Gasteiger partial charge >= 0.3 is 5.97 Å². The maximum atomic E-state index is 12.0. The number of nitrogens with zero attached hydrogens (tertiary/aromatic N) is 3. The highest BCUT2D eigenvalue weighted by molar-refractivity contribution is 5.71. The Morgan fingerprint density at radius 3 is 2.67 bits per heavy atom. The number of aryl methyl sites for hydroxylation is 1. The Hall–Kier alpha value is -1.85. The number of aromatic nitrogens is 2. The second-order valence-corrected chi connectivity index (χ2v) is 4.76.